The highest BCUT2D eigenvalue weighted by molar-refractivity contribution is 6.31. The van der Waals surface area contributed by atoms with Crippen molar-refractivity contribution in [3.63, 3.8) is 0 Å². The van der Waals surface area contributed by atoms with Crippen LogP contribution in [0, 0.1) is 6.67 Å². The number of amides is 1. The van der Waals surface area contributed by atoms with E-state index in [-0.39, 0.29) is 5.91 Å². The van der Waals surface area contributed by atoms with Crippen LogP contribution in [0.1, 0.15) is 23.3 Å². The summed E-state index contributed by atoms with van der Waals surface area (Å²) in [6.07, 6.45) is 1.90. The van der Waals surface area contributed by atoms with Gasteiger partial charge in [-0.1, -0.05) is 23.7 Å². The Kier molecular flexibility index (Phi) is 3.97. The predicted octanol–water partition coefficient (Wildman–Crippen LogP) is 4.48. The normalized spacial score (nSPS) is 17.2. The fourth-order valence-electron chi connectivity index (χ4n) is 4.07. The molecule has 1 aromatic heterocycles. The predicted molar refractivity (Wildman–Crippen MR) is 109 cm³/mol. The molecule has 5 nitrogen and oxygen atoms in total. The minimum absolute atomic E-state index is 0.0599. The first kappa shape index (κ1) is 16.5. The molecule has 2 aromatic carbocycles. The second-order valence-electron chi connectivity index (χ2n) is 7.14. The maximum atomic E-state index is 12.9. The molecule has 6 heteroatoms. The van der Waals surface area contributed by atoms with Gasteiger partial charge in [-0.05, 0) is 49.2 Å². The topological polar surface area (TPSA) is 51.4 Å². The number of rotatable bonds is 2. The third-order valence-electron chi connectivity index (χ3n) is 5.50. The molecule has 1 saturated heterocycles. The van der Waals surface area contributed by atoms with Crippen molar-refractivity contribution in [2.45, 2.75) is 18.9 Å². The summed E-state index contributed by atoms with van der Waals surface area (Å²) in [5, 5.41) is 4.98. The molecular formula is C21H20ClN4O. The number of likely N-dealkylation sites (tertiary alicyclic amines) is 1. The SMILES string of the molecule is O=C(c1cc2cc(Cl)ccc2[nH]1)N1CCC(N2[CH]Nc3ccccc32)CC1. The van der Waals surface area contributed by atoms with Gasteiger partial charge < -0.3 is 20.1 Å². The first-order chi connectivity index (χ1) is 13.2. The Labute approximate surface area is 162 Å². The molecule has 2 aliphatic rings. The second-order valence-corrected chi connectivity index (χ2v) is 7.57. The summed E-state index contributed by atoms with van der Waals surface area (Å²) in [6.45, 7) is 3.56. The largest absolute Gasteiger partial charge is 0.360 e. The second kappa shape index (κ2) is 6.50. The lowest BCUT2D eigenvalue weighted by atomic mass is 10.0. The standard InChI is InChI=1S/C21H20ClN4O/c22-15-5-6-17-14(11-15)12-19(24-17)21(27)25-9-7-16(8-10-25)26-13-23-18-3-1-2-4-20(18)26/h1-6,11-13,16,23-24H,7-10H2. The maximum Gasteiger partial charge on any atom is 0.270 e. The van der Waals surface area contributed by atoms with Crippen LogP contribution in [0.2, 0.25) is 5.02 Å². The zero-order valence-corrected chi connectivity index (χ0v) is 15.5. The van der Waals surface area contributed by atoms with Gasteiger partial charge in [0, 0.05) is 35.1 Å². The quantitative estimate of drug-likeness (QED) is 0.690. The molecule has 27 heavy (non-hydrogen) atoms. The van der Waals surface area contributed by atoms with E-state index in [0.29, 0.717) is 16.8 Å². The van der Waals surface area contributed by atoms with Crippen LogP contribution in [0.15, 0.2) is 48.5 Å². The van der Waals surface area contributed by atoms with Crippen molar-refractivity contribution in [1.29, 1.82) is 0 Å². The van der Waals surface area contributed by atoms with Gasteiger partial charge in [-0.3, -0.25) is 4.79 Å². The summed E-state index contributed by atoms with van der Waals surface area (Å²) in [7, 11) is 0. The van der Waals surface area contributed by atoms with Crippen LogP contribution in [-0.4, -0.2) is 34.9 Å². The van der Waals surface area contributed by atoms with E-state index in [1.54, 1.807) is 0 Å². The van der Waals surface area contributed by atoms with Crippen LogP contribution in [0.25, 0.3) is 10.9 Å². The highest BCUT2D eigenvalue weighted by Crippen LogP contribution is 2.36. The van der Waals surface area contributed by atoms with Gasteiger partial charge in [-0.2, -0.15) is 0 Å². The Morgan fingerprint density at radius 2 is 1.89 bits per heavy atom. The zero-order valence-electron chi connectivity index (χ0n) is 14.8. The Hall–Kier alpha value is -2.66. The molecule has 137 valence electrons. The number of aromatic amines is 1. The molecule has 1 fully saturated rings. The first-order valence-corrected chi connectivity index (χ1v) is 9.62. The highest BCUT2D eigenvalue weighted by atomic mass is 35.5. The van der Waals surface area contributed by atoms with E-state index in [1.807, 2.05) is 41.9 Å². The monoisotopic (exact) mass is 379 g/mol. The van der Waals surface area contributed by atoms with Crippen LogP contribution in [0.5, 0.6) is 0 Å². The van der Waals surface area contributed by atoms with Crippen LogP contribution >= 0.6 is 11.6 Å². The van der Waals surface area contributed by atoms with Crippen molar-refractivity contribution in [2.24, 2.45) is 0 Å². The van der Waals surface area contributed by atoms with E-state index in [0.717, 1.165) is 42.5 Å². The molecule has 1 radical (unpaired) electrons. The lowest BCUT2D eigenvalue weighted by Crippen LogP contribution is -2.45. The number of fused-ring (bicyclic) bond motifs is 2. The number of nitrogens with one attached hydrogen (secondary N) is 2. The Bertz CT molecular complexity index is 1010. The Morgan fingerprint density at radius 3 is 2.74 bits per heavy atom. The average Bonchev–Trinajstić information content (AvgIpc) is 3.31. The van der Waals surface area contributed by atoms with Crippen LogP contribution in [0.4, 0.5) is 11.4 Å². The van der Waals surface area contributed by atoms with Crippen molar-refractivity contribution in [2.75, 3.05) is 23.3 Å². The number of aromatic nitrogens is 1. The van der Waals surface area contributed by atoms with Gasteiger partial charge in [0.1, 0.15) is 12.4 Å². The molecule has 2 aliphatic heterocycles. The van der Waals surface area contributed by atoms with Crippen molar-refractivity contribution >= 4 is 39.8 Å². The summed E-state index contributed by atoms with van der Waals surface area (Å²) in [5.41, 5.74) is 3.93. The molecular weight excluding hydrogens is 360 g/mol. The average molecular weight is 380 g/mol. The van der Waals surface area contributed by atoms with Gasteiger partial charge in [0.05, 0.1) is 11.4 Å². The summed E-state index contributed by atoms with van der Waals surface area (Å²) in [5.74, 6) is 0.0599. The molecule has 3 aromatic rings. The number of piperidine rings is 1. The number of anilines is 2. The van der Waals surface area contributed by atoms with Gasteiger partial charge in [0.15, 0.2) is 0 Å². The molecule has 0 bridgehead atoms. The van der Waals surface area contributed by atoms with E-state index in [4.69, 9.17) is 11.6 Å². The number of carbonyl (C=O) groups excluding carboxylic acids is 1. The van der Waals surface area contributed by atoms with E-state index < -0.39 is 0 Å². The highest BCUT2D eigenvalue weighted by Gasteiger charge is 2.31. The third kappa shape index (κ3) is 2.92. The molecule has 5 rings (SSSR count). The number of nitrogens with zero attached hydrogens (tertiary/aromatic N) is 2. The number of para-hydroxylation sites is 2. The maximum absolute atomic E-state index is 12.9. The molecule has 0 spiro atoms. The van der Waals surface area contributed by atoms with E-state index in [1.165, 1.54) is 5.69 Å². The third-order valence-corrected chi connectivity index (χ3v) is 5.73. The molecule has 1 amide bonds. The molecule has 0 aliphatic carbocycles. The Balaban J connectivity index is 1.28. The van der Waals surface area contributed by atoms with Crippen molar-refractivity contribution < 1.29 is 4.79 Å². The lowest BCUT2D eigenvalue weighted by molar-refractivity contribution is 0.0709. The van der Waals surface area contributed by atoms with Gasteiger partial charge in [0.2, 0.25) is 0 Å². The van der Waals surface area contributed by atoms with Crippen molar-refractivity contribution in [3.8, 4) is 0 Å². The van der Waals surface area contributed by atoms with E-state index in [2.05, 4.69) is 33.4 Å². The fraction of sp³-hybridized carbons (Fsp3) is 0.238. The summed E-state index contributed by atoms with van der Waals surface area (Å²) in [6, 6.07) is 16.3. The lowest BCUT2D eigenvalue weighted by Gasteiger charge is -2.37. The summed E-state index contributed by atoms with van der Waals surface area (Å²) in [4.78, 5) is 20.4. The first-order valence-electron chi connectivity index (χ1n) is 9.24. The minimum Gasteiger partial charge on any atom is -0.360 e. The molecule has 0 atom stereocenters. The number of carbonyl (C=O) groups is 1. The fourth-order valence-corrected chi connectivity index (χ4v) is 4.25. The van der Waals surface area contributed by atoms with Gasteiger partial charge in [-0.15, -0.1) is 0 Å². The number of benzene rings is 2. The van der Waals surface area contributed by atoms with Crippen LogP contribution in [-0.2, 0) is 0 Å². The van der Waals surface area contributed by atoms with E-state index >= 15 is 0 Å². The number of hydrogen-bond donors (Lipinski definition) is 2. The van der Waals surface area contributed by atoms with Crippen molar-refractivity contribution in [1.82, 2.24) is 9.88 Å². The van der Waals surface area contributed by atoms with E-state index in [9.17, 15) is 4.79 Å². The van der Waals surface area contributed by atoms with Gasteiger partial charge in [0.25, 0.3) is 5.91 Å². The number of hydrogen-bond acceptors (Lipinski definition) is 3. The molecule has 0 saturated carbocycles. The Morgan fingerprint density at radius 1 is 1.07 bits per heavy atom. The zero-order chi connectivity index (χ0) is 18.4. The van der Waals surface area contributed by atoms with Crippen LogP contribution in [0.3, 0.4) is 0 Å². The van der Waals surface area contributed by atoms with Crippen molar-refractivity contribution in [3.05, 3.63) is 65.9 Å². The summed E-state index contributed by atoms with van der Waals surface area (Å²) < 4.78 is 0. The van der Waals surface area contributed by atoms with Gasteiger partial charge in [-0.25, -0.2) is 0 Å². The molecule has 2 N–H and O–H groups in total. The molecule has 0 unspecified atom stereocenters. The van der Waals surface area contributed by atoms with Gasteiger partial charge >= 0.3 is 0 Å². The summed E-state index contributed by atoms with van der Waals surface area (Å²) >= 11 is 6.05. The smallest absolute Gasteiger partial charge is 0.270 e. The minimum atomic E-state index is 0.0599. The number of halogens is 1. The van der Waals surface area contributed by atoms with Crippen LogP contribution < -0.4 is 10.2 Å². The molecule has 3 heterocycles. The number of H-pyrrole nitrogens is 1.